The average Bonchev–Trinajstić information content (AvgIpc) is 2.47. The molecule has 0 heterocycles. The van der Waals surface area contributed by atoms with Gasteiger partial charge in [-0.05, 0) is 36.1 Å². The maximum atomic E-state index is 11.7. The molecule has 0 atom stereocenters. The summed E-state index contributed by atoms with van der Waals surface area (Å²) >= 11 is 1.70. The number of anilines is 1. The van der Waals surface area contributed by atoms with E-state index in [-0.39, 0.29) is 6.03 Å². The highest BCUT2D eigenvalue weighted by Crippen LogP contribution is 2.14. The molecule has 0 aliphatic carbocycles. The average molecular weight is 272 g/mol. The van der Waals surface area contributed by atoms with Crippen molar-refractivity contribution in [2.24, 2.45) is 0 Å². The number of para-hydroxylation sites is 1. The molecule has 0 saturated carbocycles. The van der Waals surface area contributed by atoms with Crippen LogP contribution in [0.4, 0.5) is 10.5 Å². The lowest BCUT2D eigenvalue weighted by molar-refractivity contribution is 0.251. The summed E-state index contributed by atoms with van der Waals surface area (Å²) in [5.41, 5.74) is 1.87. The molecule has 3 nitrogen and oxygen atoms in total. The Morgan fingerprint density at radius 3 is 2.37 bits per heavy atom. The van der Waals surface area contributed by atoms with Crippen molar-refractivity contribution in [2.45, 2.75) is 11.4 Å². The molecule has 0 saturated heterocycles. The topological polar surface area (TPSA) is 41.1 Å². The van der Waals surface area contributed by atoms with Crippen LogP contribution < -0.4 is 10.6 Å². The number of carbonyl (C=O) groups is 1. The first-order valence-corrected chi connectivity index (χ1v) is 7.23. The van der Waals surface area contributed by atoms with Gasteiger partial charge in [-0.25, -0.2) is 4.79 Å². The summed E-state index contributed by atoms with van der Waals surface area (Å²) in [6, 6.07) is 17.3. The molecule has 0 spiro atoms. The van der Waals surface area contributed by atoms with Gasteiger partial charge in [0.15, 0.2) is 0 Å². The normalized spacial score (nSPS) is 9.95. The molecule has 19 heavy (non-hydrogen) atoms. The van der Waals surface area contributed by atoms with E-state index in [2.05, 4.69) is 22.8 Å². The Balaban J connectivity index is 1.83. The second-order valence-electron chi connectivity index (χ2n) is 4.02. The quantitative estimate of drug-likeness (QED) is 0.833. The van der Waals surface area contributed by atoms with Crippen molar-refractivity contribution in [3.05, 3.63) is 60.2 Å². The van der Waals surface area contributed by atoms with Crippen molar-refractivity contribution in [3.8, 4) is 0 Å². The van der Waals surface area contributed by atoms with Crippen LogP contribution in [0.25, 0.3) is 0 Å². The van der Waals surface area contributed by atoms with E-state index in [4.69, 9.17) is 0 Å². The van der Waals surface area contributed by atoms with E-state index < -0.39 is 0 Å². The lowest BCUT2D eigenvalue weighted by Gasteiger charge is -2.08. The first kappa shape index (κ1) is 13.5. The number of carbonyl (C=O) groups excluding carboxylic acids is 1. The molecule has 0 unspecified atom stereocenters. The van der Waals surface area contributed by atoms with Crippen molar-refractivity contribution < 1.29 is 4.79 Å². The number of thioether (sulfide) groups is 1. The highest BCUT2D eigenvalue weighted by molar-refractivity contribution is 7.98. The molecular weight excluding hydrogens is 256 g/mol. The van der Waals surface area contributed by atoms with Crippen LogP contribution >= 0.6 is 11.8 Å². The SMILES string of the molecule is CSc1ccc(CNC(=O)Nc2ccccc2)cc1. The Bertz CT molecular complexity index is 526. The Kier molecular flexibility index (Phi) is 4.86. The first-order chi connectivity index (χ1) is 9.28. The largest absolute Gasteiger partial charge is 0.334 e. The number of amides is 2. The zero-order chi connectivity index (χ0) is 13.5. The molecule has 2 rings (SSSR count). The zero-order valence-electron chi connectivity index (χ0n) is 10.7. The summed E-state index contributed by atoms with van der Waals surface area (Å²) in [5, 5.41) is 5.61. The molecule has 0 aliphatic rings. The summed E-state index contributed by atoms with van der Waals surface area (Å²) in [6.07, 6.45) is 2.04. The van der Waals surface area contributed by atoms with Crippen molar-refractivity contribution in [3.63, 3.8) is 0 Å². The number of rotatable bonds is 4. The van der Waals surface area contributed by atoms with Gasteiger partial charge in [-0.15, -0.1) is 11.8 Å². The van der Waals surface area contributed by atoms with Crippen LogP contribution in [-0.2, 0) is 6.54 Å². The fourth-order valence-electron chi connectivity index (χ4n) is 1.62. The standard InChI is InChI=1S/C15H16N2OS/c1-19-14-9-7-12(8-10-14)11-16-15(18)17-13-5-3-2-4-6-13/h2-10H,11H2,1H3,(H2,16,17,18). The first-order valence-electron chi connectivity index (χ1n) is 6.01. The Morgan fingerprint density at radius 1 is 1.05 bits per heavy atom. The maximum Gasteiger partial charge on any atom is 0.319 e. The molecule has 0 aliphatic heterocycles. The zero-order valence-corrected chi connectivity index (χ0v) is 11.5. The summed E-state index contributed by atoms with van der Waals surface area (Å²) in [6.45, 7) is 0.521. The monoisotopic (exact) mass is 272 g/mol. The van der Waals surface area contributed by atoms with Crippen LogP contribution in [0.2, 0.25) is 0 Å². The fourth-order valence-corrected chi connectivity index (χ4v) is 2.03. The van der Waals surface area contributed by atoms with Crippen molar-refractivity contribution >= 4 is 23.5 Å². The number of urea groups is 1. The van der Waals surface area contributed by atoms with Gasteiger partial charge in [0.2, 0.25) is 0 Å². The maximum absolute atomic E-state index is 11.7. The third kappa shape index (κ3) is 4.34. The number of benzene rings is 2. The number of hydrogen-bond donors (Lipinski definition) is 2. The van der Waals surface area contributed by atoms with E-state index in [0.29, 0.717) is 6.54 Å². The van der Waals surface area contributed by atoms with Crippen LogP contribution in [0.15, 0.2) is 59.5 Å². The van der Waals surface area contributed by atoms with Gasteiger partial charge in [-0.3, -0.25) is 0 Å². The molecule has 2 aromatic carbocycles. The van der Waals surface area contributed by atoms with Gasteiger partial charge in [0, 0.05) is 17.1 Å². The molecule has 0 fully saturated rings. The van der Waals surface area contributed by atoms with Crippen molar-refractivity contribution in [2.75, 3.05) is 11.6 Å². The van der Waals surface area contributed by atoms with E-state index in [1.807, 2.05) is 48.7 Å². The summed E-state index contributed by atoms with van der Waals surface area (Å²) < 4.78 is 0. The van der Waals surface area contributed by atoms with Crippen LogP contribution in [0.3, 0.4) is 0 Å². The van der Waals surface area contributed by atoms with Gasteiger partial charge in [-0.1, -0.05) is 30.3 Å². The van der Waals surface area contributed by atoms with Gasteiger partial charge in [-0.2, -0.15) is 0 Å². The van der Waals surface area contributed by atoms with Crippen LogP contribution in [-0.4, -0.2) is 12.3 Å². The lowest BCUT2D eigenvalue weighted by atomic mass is 10.2. The lowest BCUT2D eigenvalue weighted by Crippen LogP contribution is -2.28. The molecule has 0 aromatic heterocycles. The van der Waals surface area contributed by atoms with E-state index >= 15 is 0 Å². The minimum Gasteiger partial charge on any atom is -0.334 e. The smallest absolute Gasteiger partial charge is 0.319 e. The van der Waals surface area contributed by atoms with E-state index in [9.17, 15) is 4.79 Å². The number of hydrogen-bond acceptors (Lipinski definition) is 2. The second-order valence-corrected chi connectivity index (χ2v) is 4.90. The number of nitrogens with one attached hydrogen (secondary N) is 2. The molecule has 0 radical (unpaired) electrons. The van der Waals surface area contributed by atoms with Crippen LogP contribution in [0, 0.1) is 0 Å². The molecule has 98 valence electrons. The fraction of sp³-hybridized carbons (Fsp3) is 0.133. The van der Waals surface area contributed by atoms with Gasteiger partial charge >= 0.3 is 6.03 Å². The molecule has 0 bridgehead atoms. The predicted molar refractivity (Wildman–Crippen MR) is 80.5 cm³/mol. The molecule has 2 aromatic rings. The van der Waals surface area contributed by atoms with Crippen LogP contribution in [0.1, 0.15) is 5.56 Å². The van der Waals surface area contributed by atoms with Crippen molar-refractivity contribution in [1.82, 2.24) is 5.32 Å². The third-order valence-electron chi connectivity index (χ3n) is 2.64. The van der Waals surface area contributed by atoms with E-state index in [0.717, 1.165) is 11.3 Å². The highest BCUT2D eigenvalue weighted by atomic mass is 32.2. The molecular formula is C15H16N2OS. The van der Waals surface area contributed by atoms with Gasteiger partial charge in [0.1, 0.15) is 0 Å². The van der Waals surface area contributed by atoms with Gasteiger partial charge in [0.05, 0.1) is 0 Å². The van der Waals surface area contributed by atoms with Gasteiger partial charge in [0.25, 0.3) is 0 Å². The van der Waals surface area contributed by atoms with E-state index in [1.54, 1.807) is 11.8 Å². The predicted octanol–water partition coefficient (Wildman–Crippen LogP) is 3.73. The van der Waals surface area contributed by atoms with E-state index in [1.165, 1.54) is 4.90 Å². The Morgan fingerprint density at radius 2 is 1.74 bits per heavy atom. The highest BCUT2D eigenvalue weighted by Gasteiger charge is 2.01. The second kappa shape index (κ2) is 6.85. The molecule has 2 N–H and O–H groups in total. The Labute approximate surface area is 117 Å². The minimum atomic E-state index is -0.194. The summed E-state index contributed by atoms with van der Waals surface area (Å²) in [4.78, 5) is 12.9. The van der Waals surface area contributed by atoms with Gasteiger partial charge < -0.3 is 10.6 Å². The van der Waals surface area contributed by atoms with Crippen molar-refractivity contribution in [1.29, 1.82) is 0 Å². The minimum absolute atomic E-state index is 0.194. The molecule has 4 heteroatoms. The molecule has 2 amide bonds. The third-order valence-corrected chi connectivity index (χ3v) is 3.39. The Hall–Kier alpha value is -1.94. The van der Waals surface area contributed by atoms with Crippen LogP contribution in [0.5, 0.6) is 0 Å². The summed E-state index contributed by atoms with van der Waals surface area (Å²) in [7, 11) is 0. The summed E-state index contributed by atoms with van der Waals surface area (Å²) in [5.74, 6) is 0.